The van der Waals surface area contributed by atoms with Gasteiger partial charge in [-0.2, -0.15) is 0 Å². The van der Waals surface area contributed by atoms with E-state index in [-0.39, 0.29) is 5.91 Å². The Balaban J connectivity index is 2.49. The first-order valence-corrected chi connectivity index (χ1v) is 5.66. The molecule has 0 bridgehead atoms. The van der Waals surface area contributed by atoms with Crippen LogP contribution in [0.4, 0.5) is 5.69 Å². The third-order valence-corrected chi connectivity index (χ3v) is 3.44. The normalized spacial score (nSPS) is 13.9. The highest BCUT2D eigenvalue weighted by Gasteiger charge is 2.27. The van der Waals surface area contributed by atoms with Crippen molar-refractivity contribution in [2.75, 3.05) is 11.9 Å². The van der Waals surface area contributed by atoms with Crippen molar-refractivity contribution in [3.05, 3.63) is 41.5 Å². The summed E-state index contributed by atoms with van der Waals surface area (Å²) < 4.78 is 0. The van der Waals surface area contributed by atoms with Crippen LogP contribution in [-0.2, 0) is 5.88 Å². The topological polar surface area (TPSA) is 20.3 Å². The molecule has 3 rings (SSSR count). The largest absolute Gasteiger partial charge is 0.311 e. The number of hydrogen-bond donors (Lipinski definition) is 0. The zero-order valence-corrected chi connectivity index (χ0v) is 9.58. The summed E-state index contributed by atoms with van der Waals surface area (Å²) in [6.07, 6.45) is 0. The number of anilines is 1. The van der Waals surface area contributed by atoms with Crippen molar-refractivity contribution in [1.29, 1.82) is 0 Å². The van der Waals surface area contributed by atoms with Gasteiger partial charge in [0.15, 0.2) is 0 Å². The fraction of sp³-hybridized carbons (Fsp3) is 0.154. The summed E-state index contributed by atoms with van der Waals surface area (Å²) in [5, 5.41) is 2.12. The molecule has 16 heavy (non-hydrogen) atoms. The van der Waals surface area contributed by atoms with Gasteiger partial charge in [0.25, 0.3) is 5.91 Å². The minimum atomic E-state index is 0.0623. The first-order valence-electron chi connectivity index (χ1n) is 5.12. The van der Waals surface area contributed by atoms with Gasteiger partial charge in [-0.05, 0) is 23.1 Å². The zero-order valence-electron chi connectivity index (χ0n) is 8.83. The second-order valence-corrected chi connectivity index (χ2v) is 4.24. The predicted molar refractivity (Wildman–Crippen MR) is 66.2 cm³/mol. The first-order chi connectivity index (χ1) is 7.74. The van der Waals surface area contributed by atoms with Crippen LogP contribution >= 0.6 is 11.6 Å². The van der Waals surface area contributed by atoms with Gasteiger partial charge < -0.3 is 4.90 Å². The van der Waals surface area contributed by atoms with E-state index in [4.69, 9.17) is 11.6 Å². The van der Waals surface area contributed by atoms with E-state index in [1.807, 2.05) is 30.3 Å². The number of alkyl halides is 1. The van der Waals surface area contributed by atoms with Gasteiger partial charge in [0.2, 0.25) is 0 Å². The Labute approximate surface area is 98.4 Å². The molecule has 0 fully saturated rings. The molecule has 2 aromatic carbocycles. The second kappa shape index (κ2) is 3.22. The SMILES string of the molecule is CN1C(=O)c2ccc(CCl)c3cccc1c23. The van der Waals surface area contributed by atoms with Crippen molar-refractivity contribution in [2.24, 2.45) is 0 Å². The molecule has 2 nitrogen and oxygen atoms in total. The number of halogens is 1. The van der Waals surface area contributed by atoms with E-state index in [0.29, 0.717) is 5.88 Å². The van der Waals surface area contributed by atoms with E-state index in [1.165, 1.54) is 0 Å². The molecule has 0 aromatic heterocycles. The summed E-state index contributed by atoms with van der Waals surface area (Å²) in [6, 6.07) is 9.76. The van der Waals surface area contributed by atoms with Crippen molar-refractivity contribution >= 4 is 34.0 Å². The predicted octanol–water partition coefficient (Wildman–Crippen LogP) is 3.17. The number of benzene rings is 2. The summed E-state index contributed by atoms with van der Waals surface area (Å²) in [5.74, 6) is 0.533. The molecule has 1 aliphatic heterocycles. The van der Waals surface area contributed by atoms with Crippen molar-refractivity contribution in [3.8, 4) is 0 Å². The molecule has 0 unspecified atom stereocenters. The standard InChI is InChI=1S/C13H10ClNO/c1-15-11-4-2-3-9-8(7-14)5-6-10(12(9)11)13(15)16/h2-6H,7H2,1H3. The third kappa shape index (κ3) is 1.05. The van der Waals surface area contributed by atoms with Crippen LogP contribution in [0, 0.1) is 0 Å². The number of carbonyl (C=O) groups excluding carboxylic acids is 1. The smallest absolute Gasteiger partial charge is 0.258 e. The fourth-order valence-electron chi connectivity index (χ4n) is 2.31. The highest BCUT2D eigenvalue weighted by Crippen LogP contribution is 2.38. The van der Waals surface area contributed by atoms with Gasteiger partial charge in [-0.15, -0.1) is 11.6 Å². The molecule has 1 aliphatic rings. The maximum Gasteiger partial charge on any atom is 0.258 e. The van der Waals surface area contributed by atoms with Crippen LogP contribution < -0.4 is 4.90 Å². The summed E-state index contributed by atoms with van der Waals surface area (Å²) >= 11 is 5.91. The molecule has 1 amide bonds. The van der Waals surface area contributed by atoms with E-state index in [1.54, 1.807) is 11.9 Å². The monoisotopic (exact) mass is 231 g/mol. The minimum Gasteiger partial charge on any atom is -0.311 e. The summed E-state index contributed by atoms with van der Waals surface area (Å²) in [5.41, 5.74) is 2.83. The maximum absolute atomic E-state index is 12.0. The number of nitrogens with zero attached hydrogens (tertiary/aromatic N) is 1. The van der Waals surface area contributed by atoms with Crippen LogP contribution in [0.2, 0.25) is 0 Å². The van der Waals surface area contributed by atoms with Gasteiger partial charge in [-0.3, -0.25) is 4.79 Å². The lowest BCUT2D eigenvalue weighted by Crippen LogP contribution is -2.20. The van der Waals surface area contributed by atoms with Gasteiger partial charge in [0.1, 0.15) is 0 Å². The fourth-order valence-corrected chi connectivity index (χ4v) is 2.55. The number of carbonyl (C=O) groups is 1. The van der Waals surface area contributed by atoms with E-state index in [2.05, 4.69) is 0 Å². The Morgan fingerprint density at radius 3 is 2.81 bits per heavy atom. The lowest BCUT2D eigenvalue weighted by molar-refractivity contribution is 0.0999. The molecular weight excluding hydrogens is 222 g/mol. The number of rotatable bonds is 1. The lowest BCUT2D eigenvalue weighted by atomic mass is 10.0. The van der Waals surface area contributed by atoms with Crippen LogP contribution in [0.3, 0.4) is 0 Å². The molecular formula is C13H10ClNO. The Bertz CT molecular complexity index is 606. The van der Waals surface area contributed by atoms with Gasteiger partial charge in [0.05, 0.1) is 5.69 Å². The van der Waals surface area contributed by atoms with Crippen molar-refractivity contribution in [3.63, 3.8) is 0 Å². The number of hydrogen-bond acceptors (Lipinski definition) is 1. The Morgan fingerprint density at radius 2 is 2.06 bits per heavy atom. The van der Waals surface area contributed by atoms with E-state index in [0.717, 1.165) is 27.6 Å². The average Bonchev–Trinajstić information content (AvgIpc) is 2.57. The van der Waals surface area contributed by atoms with Gasteiger partial charge >= 0.3 is 0 Å². The quantitative estimate of drug-likeness (QED) is 0.691. The van der Waals surface area contributed by atoms with E-state index in [9.17, 15) is 4.79 Å². The zero-order chi connectivity index (χ0) is 11.3. The molecule has 3 heteroatoms. The molecule has 80 valence electrons. The van der Waals surface area contributed by atoms with E-state index < -0.39 is 0 Å². The van der Waals surface area contributed by atoms with Crippen molar-refractivity contribution in [2.45, 2.75) is 5.88 Å². The maximum atomic E-state index is 12.0. The van der Waals surface area contributed by atoms with Crippen LogP contribution in [0.1, 0.15) is 15.9 Å². The van der Waals surface area contributed by atoms with Gasteiger partial charge in [-0.1, -0.05) is 18.2 Å². The molecule has 0 atom stereocenters. The molecule has 0 radical (unpaired) electrons. The lowest BCUT2D eigenvalue weighted by Gasteiger charge is -2.09. The van der Waals surface area contributed by atoms with Crippen molar-refractivity contribution < 1.29 is 4.79 Å². The Hall–Kier alpha value is -1.54. The van der Waals surface area contributed by atoms with Crippen LogP contribution in [-0.4, -0.2) is 13.0 Å². The average molecular weight is 232 g/mol. The van der Waals surface area contributed by atoms with Gasteiger partial charge in [0, 0.05) is 23.9 Å². The van der Waals surface area contributed by atoms with E-state index >= 15 is 0 Å². The summed E-state index contributed by atoms with van der Waals surface area (Å²) in [7, 11) is 1.80. The third-order valence-electron chi connectivity index (χ3n) is 3.15. The Morgan fingerprint density at radius 1 is 1.25 bits per heavy atom. The highest BCUT2D eigenvalue weighted by molar-refractivity contribution is 6.26. The van der Waals surface area contributed by atoms with Crippen molar-refractivity contribution in [1.82, 2.24) is 0 Å². The molecule has 0 N–H and O–H groups in total. The summed E-state index contributed by atoms with van der Waals surface area (Å²) in [6.45, 7) is 0. The van der Waals surface area contributed by atoms with Gasteiger partial charge in [-0.25, -0.2) is 0 Å². The molecule has 0 spiro atoms. The van der Waals surface area contributed by atoms with Crippen LogP contribution in [0.5, 0.6) is 0 Å². The minimum absolute atomic E-state index is 0.0623. The molecule has 2 aromatic rings. The molecule has 1 heterocycles. The second-order valence-electron chi connectivity index (χ2n) is 3.97. The molecule has 0 saturated heterocycles. The van der Waals surface area contributed by atoms with Crippen LogP contribution in [0.25, 0.3) is 10.8 Å². The number of amides is 1. The molecule has 0 saturated carbocycles. The molecule has 0 aliphatic carbocycles. The van der Waals surface area contributed by atoms with Crippen LogP contribution in [0.15, 0.2) is 30.3 Å². The first kappa shape index (κ1) is 9.67. The summed E-state index contributed by atoms with van der Waals surface area (Å²) in [4.78, 5) is 13.7. The highest BCUT2D eigenvalue weighted by atomic mass is 35.5. The Kier molecular flexibility index (Phi) is 1.95.